The SMILES string of the molecule is CCN(CC)c1ccc(NC(=O)C(CN)OC)cn1. The quantitative estimate of drug-likeness (QED) is 0.764. The Morgan fingerprint density at radius 1 is 1.47 bits per heavy atom. The van der Waals surface area contributed by atoms with Crippen LogP contribution in [0.3, 0.4) is 0 Å². The van der Waals surface area contributed by atoms with Gasteiger partial charge in [0.05, 0.1) is 11.9 Å². The highest BCUT2D eigenvalue weighted by molar-refractivity contribution is 5.94. The minimum atomic E-state index is -0.637. The van der Waals surface area contributed by atoms with Gasteiger partial charge in [0, 0.05) is 26.7 Å². The number of pyridine rings is 1. The summed E-state index contributed by atoms with van der Waals surface area (Å²) in [5.74, 6) is 0.632. The zero-order valence-corrected chi connectivity index (χ0v) is 11.7. The standard InChI is InChI=1S/C13H22N4O2/c1-4-17(5-2)12-7-6-10(9-15-12)16-13(18)11(8-14)19-3/h6-7,9,11H,4-5,8,14H2,1-3H3,(H,16,18). The van der Waals surface area contributed by atoms with Gasteiger partial charge in [-0.3, -0.25) is 4.79 Å². The molecule has 1 unspecified atom stereocenters. The lowest BCUT2D eigenvalue weighted by atomic mass is 10.3. The first-order chi connectivity index (χ1) is 9.15. The topological polar surface area (TPSA) is 80.5 Å². The fourth-order valence-corrected chi connectivity index (χ4v) is 1.73. The van der Waals surface area contributed by atoms with Gasteiger partial charge < -0.3 is 20.7 Å². The molecule has 6 heteroatoms. The van der Waals surface area contributed by atoms with Crippen LogP contribution in [-0.4, -0.2) is 43.7 Å². The number of ether oxygens (including phenoxy) is 1. The number of amides is 1. The van der Waals surface area contributed by atoms with E-state index in [-0.39, 0.29) is 12.5 Å². The molecule has 0 fully saturated rings. The van der Waals surface area contributed by atoms with Gasteiger partial charge >= 0.3 is 0 Å². The van der Waals surface area contributed by atoms with Crippen LogP contribution in [0.2, 0.25) is 0 Å². The molecule has 0 saturated heterocycles. The maximum atomic E-state index is 11.8. The predicted octanol–water partition coefficient (Wildman–Crippen LogP) is 0.840. The highest BCUT2D eigenvalue weighted by Gasteiger charge is 2.15. The van der Waals surface area contributed by atoms with Crippen molar-refractivity contribution >= 4 is 17.4 Å². The average molecular weight is 266 g/mol. The maximum Gasteiger partial charge on any atom is 0.254 e. The summed E-state index contributed by atoms with van der Waals surface area (Å²) >= 11 is 0. The predicted molar refractivity (Wildman–Crippen MR) is 76.3 cm³/mol. The Balaban J connectivity index is 2.69. The summed E-state index contributed by atoms with van der Waals surface area (Å²) in [7, 11) is 1.46. The van der Waals surface area contributed by atoms with Crippen LogP contribution >= 0.6 is 0 Å². The lowest BCUT2D eigenvalue weighted by Gasteiger charge is -2.20. The Labute approximate surface area is 113 Å². The third-order valence-electron chi connectivity index (χ3n) is 2.89. The van der Waals surface area contributed by atoms with Crippen LogP contribution in [0.1, 0.15) is 13.8 Å². The molecule has 1 atom stereocenters. The Bertz CT molecular complexity index is 386. The largest absolute Gasteiger partial charge is 0.370 e. The highest BCUT2D eigenvalue weighted by atomic mass is 16.5. The molecule has 0 saturated carbocycles. The molecule has 0 aliphatic rings. The van der Waals surface area contributed by atoms with Crippen LogP contribution in [0.5, 0.6) is 0 Å². The molecule has 106 valence electrons. The van der Waals surface area contributed by atoms with Gasteiger partial charge in [0.2, 0.25) is 0 Å². The van der Waals surface area contributed by atoms with Crippen molar-refractivity contribution in [1.82, 2.24) is 4.98 Å². The molecular formula is C13H22N4O2. The molecule has 0 radical (unpaired) electrons. The molecule has 6 nitrogen and oxygen atoms in total. The minimum Gasteiger partial charge on any atom is -0.370 e. The fraction of sp³-hybridized carbons (Fsp3) is 0.538. The molecule has 19 heavy (non-hydrogen) atoms. The van der Waals surface area contributed by atoms with Crippen molar-refractivity contribution in [3.05, 3.63) is 18.3 Å². The fourth-order valence-electron chi connectivity index (χ4n) is 1.73. The molecule has 0 spiro atoms. The molecule has 0 bridgehead atoms. The van der Waals surface area contributed by atoms with Crippen LogP contribution in [0.25, 0.3) is 0 Å². The van der Waals surface area contributed by atoms with Gasteiger partial charge in [0.1, 0.15) is 11.9 Å². The van der Waals surface area contributed by atoms with E-state index < -0.39 is 6.10 Å². The monoisotopic (exact) mass is 266 g/mol. The molecule has 0 aliphatic carbocycles. The van der Waals surface area contributed by atoms with Gasteiger partial charge in [-0.15, -0.1) is 0 Å². The Kier molecular flexibility index (Phi) is 6.24. The van der Waals surface area contributed by atoms with Crippen molar-refractivity contribution in [3.8, 4) is 0 Å². The third kappa shape index (κ3) is 4.18. The number of aromatic nitrogens is 1. The molecular weight excluding hydrogens is 244 g/mol. The summed E-state index contributed by atoms with van der Waals surface area (Å²) in [5, 5.41) is 2.72. The molecule has 0 aromatic carbocycles. The average Bonchev–Trinajstić information content (AvgIpc) is 2.43. The van der Waals surface area contributed by atoms with Crippen LogP contribution in [0.4, 0.5) is 11.5 Å². The lowest BCUT2D eigenvalue weighted by Crippen LogP contribution is -2.35. The van der Waals surface area contributed by atoms with Crippen LogP contribution in [-0.2, 0) is 9.53 Å². The van der Waals surface area contributed by atoms with Crippen molar-refractivity contribution in [1.29, 1.82) is 0 Å². The zero-order chi connectivity index (χ0) is 14.3. The number of hydrogen-bond acceptors (Lipinski definition) is 5. The number of methoxy groups -OCH3 is 1. The van der Waals surface area contributed by atoms with E-state index in [1.807, 2.05) is 12.1 Å². The second-order valence-electron chi connectivity index (χ2n) is 4.03. The van der Waals surface area contributed by atoms with Crippen molar-refractivity contribution in [3.63, 3.8) is 0 Å². The molecule has 1 aromatic heterocycles. The van der Waals surface area contributed by atoms with E-state index in [0.717, 1.165) is 18.9 Å². The summed E-state index contributed by atoms with van der Waals surface area (Å²) in [6, 6.07) is 3.70. The minimum absolute atomic E-state index is 0.146. The molecule has 1 rings (SSSR count). The van der Waals surface area contributed by atoms with E-state index in [1.165, 1.54) is 7.11 Å². The summed E-state index contributed by atoms with van der Waals surface area (Å²) in [5.41, 5.74) is 6.07. The van der Waals surface area contributed by atoms with Gasteiger partial charge in [-0.05, 0) is 26.0 Å². The van der Waals surface area contributed by atoms with E-state index in [9.17, 15) is 4.79 Å². The first-order valence-electron chi connectivity index (χ1n) is 6.40. The van der Waals surface area contributed by atoms with Crippen molar-refractivity contribution in [2.45, 2.75) is 20.0 Å². The Morgan fingerprint density at radius 2 is 2.16 bits per heavy atom. The number of anilines is 2. The number of hydrogen-bond donors (Lipinski definition) is 2. The molecule has 0 aliphatic heterocycles. The van der Waals surface area contributed by atoms with Gasteiger partial charge in [0.25, 0.3) is 5.91 Å². The van der Waals surface area contributed by atoms with Gasteiger partial charge in [0.15, 0.2) is 0 Å². The summed E-state index contributed by atoms with van der Waals surface area (Å²) in [4.78, 5) is 18.2. The Morgan fingerprint density at radius 3 is 2.58 bits per heavy atom. The number of nitrogens with zero attached hydrogens (tertiary/aromatic N) is 2. The summed E-state index contributed by atoms with van der Waals surface area (Å²) in [6.07, 6.45) is 0.997. The second kappa shape index (κ2) is 7.70. The number of carbonyl (C=O) groups is 1. The van der Waals surface area contributed by atoms with Crippen molar-refractivity contribution in [2.24, 2.45) is 5.73 Å². The van der Waals surface area contributed by atoms with E-state index in [4.69, 9.17) is 10.5 Å². The van der Waals surface area contributed by atoms with Gasteiger partial charge in [-0.25, -0.2) is 4.98 Å². The summed E-state index contributed by atoms with van der Waals surface area (Å²) < 4.78 is 4.96. The van der Waals surface area contributed by atoms with Gasteiger partial charge in [-0.1, -0.05) is 0 Å². The first-order valence-corrected chi connectivity index (χ1v) is 6.40. The lowest BCUT2D eigenvalue weighted by molar-refractivity contribution is -0.125. The van der Waals surface area contributed by atoms with Crippen LogP contribution in [0.15, 0.2) is 18.3 Å². The smallest absolute Gasteiger partial charge is 0.254 e. The van der Waals surface area contributed by atoms with Crippen LogP contribution < -0.4 is 16.0 Å². The van der Waals surface area contributed by atoms with E-state index >= 15 is 0 Å². The van der Waals surface area contributed by atoms with E-state index in [0.29, 0.717) is 5.69 Å². The zero-order valence-electron chi connectivity index (χ0n) is 11.7. The molecule has 1 amide bonds. The van der Waals surface area contributed by atoms with Gasteiger partial charge in [-0.2, -0.15) is 0 Å². The van der Waals surface area contributed by atoms with Crippen molar-refractivity contribution < 1.29 is 9.53 Å². The van der Waals surface area contributed by atoms with E-state index in [2.05, 4.69) is 29.0 Å². The maximum absolute atomic E-state index is 11.8. The molecule has 1 aromatic rings. The number of nitrogens with one attached hydrogen (secondary N) is 1. The summed E-state index contributed by atoms with van der Waals surface area (Å²) in [6.45, 7) is 6.09. The molecule has 3 N–H and O–H groups in total. The number of nitrogens with two attached hydrogens (primary N) is 1. The first kappa shape index (κ1) is 15.4. The number of carbonyl (C=O) groups excluding carboxylic acids is 1. The second-order valence-corrected chi connectivity index (χ2v) is 4.03. The Hall–Kier alpha value is -1.66. The number of rotatable bonds is 7. The normalized spacial score (nSPS) is 12.0. The third-order valence-corrected chi connectivity index (χ3v) is 2.89. The molecule has 1 heterocycles. The highest BCUT2D eigenvalue weighted by Crippen LogP contribution is 2.14. The van der Waals surface area contributed by atoms with Crippen molar-refractivity contribution in [2.75, 3.05) is 37.0 Å². The van der Waals surface area contributed by atoms with Crippen LogP contribution in [0, 0.1) is 0 Å². The van der Waals surface area contributed by atoms with E-state index in [1.54, 1.807) is 6.20 Å².